The van der Waals surface area contributed by atoms with Gasteiger partial charge in [-0.1, -0.05) is 11.8 Å². The molecule has 8 heteroatoms. The van der Waals surface area contributed by atoms with Crippen molar-refractivity contribution in [3.8, 4) is 17.6 Å². The van der Waals surface area contributed by atoms with Gasteiger partial charge in [0.25, 0.3) is 5.91 Å². The highest BCUT2D eigenvalue weighted by molar-refractivity contribution is 6.05. The number of amides is 1. The van der Waals surface area contributed by atoms with E-state index in [2.05, 4.69) is 36.9 Å². The van der Waals surface area contributed by atoms with Crippen LogP contribution in [0.2, 0.25) is 0 Å². The first-order valence-electron chi connectivity index (χ1n) is 11.0. The molecule has 0 bridgehead atoms. The molecule has 1 unspecified atom stereocenters. The molecule has 8 nitrogen and oxygen atoms in total. The molecule has 1 saturated heterocycles. The van der Waals surface area contributed by atoms with E-state index >= 15 is 0 Å². The lowest BCUT2D eigenvalue weighted by atomic mass is 10.1. The second kappa shape index (κ2) is 10.8. The number of hydrogen-bond acceptors (Lipinski definition) is 7. The van der Waals surface area contributed by atoms with E-state index < -0.39 is 0 Å². The van der Waals surface area contributed by atoms with E-state index in [0.29, 0.717) is 42.2 Å². The first kappa shape index (κ1) is 23.2. The van der Waals surface area contributed by atoms with E-state index in [1.807, 2.05) is 32.3 Å². The van der Waals surface area contributed by atoms with Gasteiger partial charge in [-0.25, -0.2) is 0 Å². The van der Waals surface area contributed by atoms with E-state index in [9.17, 15) is 9.90 Å². The summed E-state index contributed by atoms with van der Waals surface area (Å²) in [7, 11) is 4.00. The van der Waals surface area contributed by atoms with Crippen molar-refractivity contribution in [1.82, 2.24) is 14.9 Å². The number of benzene rings is 1. The lowest BCUT2D eigenvalue weighted by molar-refractivity contribution is 0.0246. The molecule has 0 aliphatic carbocycles. The van der Waals surface area contributed by atoms with Gasteiger partial charge >= 0.3 is 0 Å². The predicted molar refractivity (Wildman–Crippen MR) is 131 cm³/mol. The molecule has 1 fully saturated rings. The molecule has 1 aromatic carbocycles. The number of rotatable bonds is 5. The van der Waals surface area contributed by atoms with Gasteiger partial charge < -0.3 is 25.0 Å². The van der Waals surface area contributed by atoms with Crippen molar-refractivity contribution >= 4 is 17.3 Å². The lowest BCUT2D eigenvalue weighted by Gasteiger charge is -2.36. The number of carbonyl (C=O) groups excluding carboxylic acids is 1. The van der Waals surface area contributed by atoms with Crippen LogP contribution in [-0.2, 0) is 4.74 Å². The fourth-order valence-electron chi connectivity index (χ4n) is 3.82. The fraction of sp³-hybridized carbons (Fsp3) is 0.269. The van der Waals surface area contributed by atoms with Crippen LogP contribution in [0, 0.1) is 11.8 Å². The minimum atomic E-state index is -0.328. The highest BCUT2D eigenvalue weighted by Gasteiger charge is 2.26. The third kappa shape index (κ3) is 5.70. The number of anilines is 2. The highest BCUT2D eigenvalue weighted by atomic mass is 16.5. The molecule has 2 aromatic heterocycles. The summed E-state index contributed by atoms with van der Waals surface area (Å²) >= 11 is 0. The molecule has 0 saturated carbocycles. The van der Waals surface area contributed by atoms with Crippen molar-refractivity contribution in [1.29, 1.82) is 0 Å². The predicted octanol–water partition coefficient (Wildman–Crippen LogP) is 2.60. The number of aromatic nitrogens is 2. The van der Waals surface area contributed by atoms with Gasteiger partial charge in [0, 0.05) is 55.5 Å². The second-order valence-electron chi connectivity index (χ2n) is 8.24. The van der Waals surface area contributed by atoms with Crippen LogP contribution in [0.3, 0.4) is 0 Å². The first-order valence-corrected chi connectivity index (χ1v) is 11.0. The van der Waals surface area contributed by atoms with Crippen LogP contribution in [0.1, 0.15) is 21.5 Å². The maximum atomic E-state index is 12.7. The number of morpholine rings is 1. The van der Waals surface area contributed by atoms with Gasteiger partial charge in [0.15, 0.2) is 5.75 Å². The Balaban J connectivity index is 1.69. The van der Waals surface area contributed by atoms with Crippen LogP contribution in [0.25, 0.3) is 0 Å². The van der Waals surface area contributed by atoms with Crippen LogP contribution >= 0.6 is 0 Å². The average Bonchev–Trinajstić information content (AvgIpc) is 2.85. The van der Waals surface area contributed by atoms with Gasteiger partial charge in [-0.2, -0.15) is 0 Å². The molecular formula is C26H27N5O3. The number of hydrogen-bond donors (Lipinski definition) is 2. The van der Waals surface area contributed by atoms with Gasteiger partial charge in [0.05, 0.1) is 29.6 Å². The van der Waals surface area contributed by atoms with E-state index in [0.717, 1.165) is 12.1 Å². The second-order valence-corrected chi connectivity index (χ2v) is 8.24. The molecule has 1 amide bonds. The van der Waals surface area contributed by atoms with Crippen molar-refractivity contribution in [2.24, 2.45) is 0 Å². The van der Waals surface area contributed by atoms with Gasteiger partial charge in [-0.3, -0.25) is 14.8 Å². The van der Waals surface area contributed by atoms with Gasteiger partial charge in [0.2, 0.25) is 0 Å². The monoisotopic (exact) mass is 457 g/mol. The molecule has 3 aromatic rings. The molecule has 2 N–H and O–H groups in total. The standard InChI is InChI=1S/C26H27N5O3/c1-30(2)17-22-18-31(14-15-34-22)24-20(6-5-19-4-3-11-28-16-19)7-8-23(25(24)32)29-26(33)21-9-12-27-13-10-21/h3-4,7-13,16,22,32H,14-15,17-18H2,1-2H3,(H,29,33). The maximum absolute atomic E-state index is 12.7. The maximum Gasteiger partial charge on any atom is 0.255 e. The van der Waals surface area contributed by atoms with Crippen molar-refractivity contribution in [2.75, 3.05) is 50.6 Å². The number of nitrogens with zero attached hydrogens (tertiary/aromatic N) is 4. The zero-order chi connectivity index (χ0) is 23.9. The van der Waals surface area contributed by atoms with Crippen LogP contribution in [0.5, 0.6) is 5.75 Å². The minimum Gasteiger partial charge on any atom is -0.504 e. The summed E-state index contributed by atoms with van der Waals surface area (Å²) in [4.78, 5) is 24.9. The molecule has 4 rings (SSSR count). The van der Waals surface area contributed by atoms with Gasteiger partial charge in [-0.05, 0) is 50.5 Å². The SMILES string of the molecule is CN(C)CC1CN(c2c(C#Cc3cccnc3)ccc(NC(=O)c3ccncc3)c2O)CCO1. The third-order valence-corrected chi connectivity index (χ3v) is 5.37. The normalized spacial score (nSPS) is 15.5. The quantitative estimate of drug-likeness (QED) is 0.450. The molecule has 0 spiro atoms. The lowest BCUT2D eigenvalue weighted by Crippen LogP contribution is -2.46. The molecular weight excluding hydrogens is 430 g/mol. The van der Waals surface area contributed by atoms with Crippen molar-refractivity contribution in [3.63, 3.8) is 0 Å². The Morgan fingerprint density at radius 1 is 1.18 bits per heavy atom. The van der Waals surface area contributed by atoms with E-state index in [1.165, 1.54) is 0 Å². The minimum absolute atomic E-state index is 0.0163. The summed E-state index contributed by atoms with van der Waals surface area (Å²) < 4.78 is 5.92. The zero-order valence-electron chi connectivity index (χ0n) is 19.2. The van der Waals surface area contributed by atoms with Crippen LogP contribution in [-0.4, -0.2) is 72.3 Å². The summed E-state index contributed by atoms with van der Waals surface area (Å²) in [6.45, 7) is 2.48. The van der Waals surface area contributed by atoms with E-state index in [1.54, 1.807) is 43.0 Å². The number of ether oxygens (including phenoxy) is 1. The Kier molecular flexibility index (Phi) is 7.38. The number of pyridine rings is 2. The van der Waals surface area contributed by atoms with Crippen LogP contribution in [0.15, 0.2) is 61.2 Å². The first-order chi connectivity index (χ1) is 16.5. The fourth-order valence-corrected chi connectivity index (χ4v) is 3.82. The number of likely N-dealkylation sites (N-methyl/N-ethyl adjacent to an activating group) is 1. The van der Waals surface area contributed by atoms with Crippen LogP contribution < -0.4 is 10.2 Å². The summed E-state index contributed by atoms with van der Waals surface area (Å²) in [5.41, 5.74) is 2.79. The molecule has 1 atom stereocenters. The van der Waals surface area contributed by atoms with Crippen molar-refractivity contribution in [3.05, 3.63) is 77.9 Å². The molecule has 34 heavy (non-hydrogen) atoms. The Labute approximate surface area is 199 Å². The van der Waals surface area contributed by atoms with Crippen LogP contribution in [0.4, 0.5) is 11.4 Å². The molecule has 174 valence electrons. The van der Waals surface area contributed by atoms with E-state index in [4.69, 9.17) is 4.74 Å². The Morgan fingerprint density at radius 3 is 2.74 bits per heavy atom. The third-order valence-electron chi connectivity index (χ3n) is 5.37. The number of carbonyl (C=O) groups is 1. The molecule has 3 heterocycles. The van der Waals surface area contributed by atoms with Crippen molar-refractivity contribution in [2.45, 2.75) is 6.10 Å². The summed E-state index contributed by atoms with van der Waals surface area (Å²) in [6, 6.07) is 10.4. The van der Waals surface area contributed by atoms with E-state index in [-0.39, 0.29) is 17.8 Å². The summed E-state index contributed by atoms with van der Waals surface area (Å²) in [5, 5.41) is 14.1. The molecule has 1 aliphatic rings. The van der Waals surface area contributed by atoms with Gasteiger partial charge in [-0.15, -0.1) is 0 Å². The van der Waals surface area contributed by atoms with Gasteiger partial charge in [0.1, 0.15) is 0 Å². The number of nitrogens with one attached hydrogen (secondary N) is 1. The number of aromatic hydroxyl groups is 1. The average molecular weight is 458 g/mol. The Hall–Kier alpha value is -3.93. The Morgan fingerprint density at radius 2 is 2.00 bits per heavy atom. The van der Waals surface area contributed by atoms with Crippen molar-refractivity contribution < 1.29 is 14.6 Å². The summed E-state index contributed by atoms with van der Waals surface area (Å²) in [5.74, 6) is 5.93. The number of phenolic OH excluding ortho intramolecular Hbond substituents is 1. The largest absolute Gasteiger partial charge is 0.504 e. The topological polar surface area (TPSA) is 90.8 Å². The Bertz CT molecular complexity index is 1190. The zero-order valence-corrected chi connectivity index (χ0v) is 19.2. The number of phenols is 1. The molecule has 1 aliphatic heterocycles. The smallest absolute Gasteiger partial charge is 0.255 e. The molecule has 0 radical (unpaired) electrons. The summed E-state index contributed by atoms with van der Waals surface area (Å²) in [6.07, 6.45) is 6.47. The highest BCUT2D eigenvalue weighted by Crippen LogP contribution is 2.39.